The van der Waals surface area contributed by atoms with Crippen LogP contribution in [-0.2, 0) is 13.0 Å². The van der Waals surface area contributed by atoms with Crippen LogP contribution in [0.3, 0.4) is 0 Å². The van der Waals surface area contributed by atoms with Gasteiger partial charge in [-0.05, 0) is 23.1 Å². The zero-order valence-corrected chi connectivity index (χ0v) is 8.16. The second-order valence-corrected chi connectivity index (χ2v) is 3.65. The Balaban J connectivity index is 2.37. The van der Waals surface area contributed by atoms with Crippen LogP contribution in [0, 0.1) is 0 Å². The first kappa shape index (κ1) is 9.44. The molecule has 2 rings (SSSR count). The standard InChI is InChI=1S/C12H15NO/c1-2-9-4-3-5-10-7-13-11(8-14)6-12(9)10/h2-5,11,13-14H,1,6-8H2/t11-/m1/s1. The fourth-order valence-electron chi connectivity index (χ4n) is 1.96. The fourth-order valence-corrected chi connectivity index (χ4v) is 1.96. The minimum absolute atomic E-state index is 0.198. The van der Waals surface area contributed by atoms with Crippen LogP contribution >= 0.6 is 0 Å². The van der Waals surface area contributed by atoms with Crippen molar-refractivity contribution in [1.29, 1.82) is 0 Å². The van der Waals surface area contributed by atoms with Gasteiger partial charge in [-0.25, -0.2) is 0 Å². The first-order valence-electron chi connectivity index (χ1n) is 4.92. The summed E-state index contributed by atoms with van der Waals surface area (Å²) >= 11 is 0. The van der Waals surface area contributed by atoms with Crippen molar-refractivity contribution in [3.8, 4) is 0 Å². The molecule has 0 saturated carbocycles. The van der Waals surface area contributed by atoms with Gasteiger partial charge in [-0.3, -0.25) is 0 Å². The highest BCUT2D eigenvalue weighted by atomic mass is 16.3. The predicted molar refractivity (Wildman–Crippen MR) is 58.0 cm³/mol. The van der Waals surface area contributed by atoms with Gasteiger partial charge in [-0.1, -0.05) is 30.9 Å². The highest BCUT2D eigenvalue weighted by Crippen LogP contribution is 2.21. The predicted octanol–water partition coefficient (Wildman–Crippen LogP) is 1.34. The van der Waals surface area contributed by atoms with Gasteiger partial charge in [-0.15, -0.1) is 0 Å². The minimum Gasteiger partial charge on any atom is -0.395 e. The van der Waals surface area contributed by atoms with Crippen LogP contribution in [0.1, 0.15) is 16.7 Å². The summed E-state index contributed by atoms with van der Waals surface area (Å²) in [7, 11) is 0. The maximum absolute atomic E-state index is 9.09. The molecule has 14 heavy (non-hydrogen) atoms. The lowest BCUT2D eigenvalue weighted by atomic mass is 9.92. The van der Waals surface area contributed by atoms with Crippen LogP contribution < -0.4 is 5.32 Å². The molecular formula is C12H15NO. The molecule has 2 N–H and O–H groups in total. The molecule has 1 atom stereocenters. The second kappa shape index (κ2) is 3.95. The van der Waals surface area contributed by atoms with Gasteiger partial charge < -0.3 is 10.4 Å². The van der Waals surface area contributed by atoms with Gasteiger partial charge in [0.2, 0.25) is 0 Å². The Morgan fingerprint density at radius 1 is 1.57 bits per heavy atom. The van der Waals surface area contributed by atoms with E-state index in [4.69, 9.17) is 5.11 Å². The number of aliphatic hydroxyl groups excluding tert-OH is 1. The average molecular weight is 189 g/mol. The number of hydrogen-bond acceptors (Lipinski definition) is 2. The number of nitrogens with one attached hydrogen (secondary N) is 1. The molecule has 1 aromatic rings. The van der Waals surface area contributed by atoms with Gasteiger partial charge in [0, 0.05) is 12.6 Å². The first-order valence-corrected chi connectivity index (χ1v) is 4.92. The van der Waals surface area contributed by atoms with Crippen molar-refractivity contribution in [2.75, 3.05) is 6.61 Å². The van der Waals surface area contributed by atoms with Gasteiger partial charge in [-0.2, -0.15) is 0 Å². The monoisotopic (exact) mass is 189 g/mol. The van der Waals surface area contributed by atoms with Crippen LogP contribution in [0.4, 0.5) is 0 Å². The molecule has 0 saturated heterocycles. The number of hydrogen-bond donors (Lipinski definition) is 2. The second-order valence-electron chi connectivity index (χ2n) is 3.65. The lowest BCUT2D eigenvalue weighted by Gasteiger charge is -2.25. The van der Waals surface area contributed by atoms with Gasteiger partial charge in [0.05, 0.1) is 6.61 Å². The van der Waals surface area contributed by atoms with Crippen molar-refractivity contribution in [1.82, 2.24) is 5.32 Å². The maximum Gasteiger partial charge on any atom is 0.0587 e. The first-order chi connectivity index (χ1) is 6.85. The molecule has 0 fully saturated rings. The minimum atomic E-state index is 0.198. The number of aliphatic hydroxyl groups is 1. The Hall–Kier alpha value is -1.12. The van der Waals surface area contributed by atoms with Gasteiger partial charge in [0.1, 0.15) is 0 Å². The topological polar surface area (TPSA) is 32.3 Å². The summed E-state index contributed by atoms with van der Waals surface area (Å²) in [5.74, 6) is 0. The summed E-state index contributed by atoms with van der Waals surface area (Å²) in [5, 5.41) is 12.4. The van der Waals surface area contributed by atoms with Gasteiger partial charge in [0.15, 0.2) is 0 Å². The van der Waals surface area contributed by atoms with E-state index in [0.29, 0.717) is 0 Å². The smallest absolute Gasteiger partial charge is 0.0587 e. The summed E-state index contributed by atoms with van der Waals surface area (Å²) in [6.07, 6.45) is 2.78. The van der Waals surface area contributed by atoms with E-state index in [9.17, 15) is 0 Å². The van der Waals surface area contributed by atoms with Crippen molar-refractivity contribution < 1.29 is 5.11 Å². The summed E-state index contributed by atoms with van der Waals surface area (Å²) in [6, 6.07) is 6.45. The SMILES string of the molecule is C=Cc1cccc2c1C[C@H](CO)NC2. The van der Waals surface area contributed by atoms with E-state index in [1.54, 1.807) is 0 Å². The highest BCUT2D eigenvalue weighted by molar-refractivity contribution is 5.55. The van der Waals surface area contributed by atoms with E-state index in [1.807, 2.05) is 6.08 Å². The van der Waals surface area contributed by atoms with Crippen molar-refractivity contribution in [3.05, 3.63) is 41.5 Å². The lowest BCUT2D eigenvalue weighted by Crippen LogP contribution is -2.38. The molecule has 74 valence electrons. The van der Waals surface area contributed by atoms with Crippen LogP contribution in [0.2, 0.25) is 0 Å². The van der Waals surface area contributed by atoms with Gasteiger partial charge in [0.25, 0.3) is 0 Å². The van der Waals surface area contributed by atoms with E-state index in [0.717, 1.165) is 13.0 Å². The molecule has 1 aromatic carbocycles. The Bertz CT molecular complexity index is 346. The number of fused-ring (bicyclic) bond motifs is 1. The van der Waals surface area contributed by atoms with Crippen LogP contribution in [0.15, 0.2) is 24.8 Å². The third-order valence-electron chi connectivity index (χ3n) is 2.78. The molecule has 1 heterocycles. The molecule has 0 unspecified atom stereocenters. The van der Waals surface area contributed by atoms with Gasteiger partial charge >= 0.3 is 0 Å². The normalized spacial score (nSPS) is 20.2. The molecule has 0 spiro atoms. The third kappa shape index (κ3) is 1.59. The van der Waals surface area contributed by atoms with Crippen molar-refractivity contribution in [2.24, 2.45) is 0 Å². The Morgan fingerprint density at radius 2 is 2.43 bits per heavy atom. The maximum atomic E-state index is 9.09. The quantitative estimate of drug-likeness (QED) is 0.735. The molecule has 0 aromatic heterocycles. The fraction of sp³-hybridized carbons (Fsp3) is 0.333. The van der Waals surface area contributed by atoms with Crippen LogP contribution in [0.5, 0.6) is 0 Å². The summed E-state index contributed by atoms with van der Waals surface area (Å²) in [6.45, 7) is 4.86. The number of rotatable bonds is 2. The summed E-state index contributed by atoms with van der Waals surface area (Å²) < 4.78 is 0. The molecule has 2 heteroatoms. The zero-order chi connectivity index (χ0) is 9.97. The zero-order valence-electron chi connectivity index (χ0n) is 8.16. The molecule has 2 nitrogen and oxygen atoms in total. The molecule has 0 bridgehead atoms. The van der Waals surface area contributed by atoms with Crippen molar-refractivity contribution in [3.63, 3.8) is 0 Å². The third-order valence-corrected chi connectivity index (χ3v) is 2.78. The molecule has 0 amide bonds. The molecule has 0 radical (unpaired) electrons. The Labute approximate surface area is 84.3 Å². The largest absolute Gasteiger partial charge is 0.395 e. The summed E-state index contributed by atoms with van der Waals surface area (Å²) in [5.41, 5.74) is 3.86. The Morgan fingerprint density at radius 3 is 3.14 bits per heavy atom. The molecule has 1 aliphatic heterocycles. The molecular weight excluding hydrogens is 174 g/mol. The summed E-state index contributed by atoms with van der Waals surface area (Å²) in [4.78, 5) is 0. The van der Waals surface area contributed by atoms with Crippen LogP contribution in [-0.4, -0.2) is 17.8 Å². The molecule has 1 aliphatic rings. The van der Waals surface area contributed by atoms with E-state index >= 15 is 0 Å². The van der Waals surface area contributed by atoms with E-state index < -0.39 is 0 Å². The lowest BCUT2D eigenvalue weighted by molar-refractivity contribution is 0.236. The average Bonchev–Trinajstić information content (AvgIpc) is 2.27. The number of benzene rings is 1. The highest BCUT2D eigenvalue weighted by Gasteiger charge is 2.18. The van der Waals surface area contributed by atoms with Crippen molar-refractivity contribution >= 4 is 6.08 Å². The van der Waals surface area contributed by atoms with E-state index in [1.165, 1.54) is 16.7 Å². The van der Waals surface area contributed by atoms with Crippen LogP contribution in [0.25, 0.3) is 6.08 Å². The Kier molecular flexibility index (Phi) is 2.66. The van der Waals surface area contributed by atoms with E-state index in [-0.39, 0.29) is 12.6 Å². The van der Waals surface area contributed by atoms with Crippen molar-refractivity contribution in [2.45, 2.75) is 19.0 Å². The molecule has 0 aliphatic carbocycles. The van der Waals surface area contributed by atoms with E-state index in [2.05, 4.69) is 30.1 Å².